The maximum Gasteiger partial charge on any atom is 0.408 e. The van der Waals surface area contributed by atoms with Crippen LogP contribution in [0.4, 0.5) is 4.79 Å². The van der Waals surface area contributed by atoms with Crippen LogP contribution in [0.1, 0.15) is 83.5 Å². The minimum absolute atomic E-state index is 0.00969. The number of rotatable bonds is 8. The molecule has 0 radical (unpaired) electrons. The van der Waals surface area contributed by atoms with Gasteiger partial charge in [0.05, 0.1) is 18.9 Å². The molecule has 2 aromatic rings. The van der Waals surface area contributed by atoms with Crippen molar-refractivity contribution in [1.29, 1.82) is 0 Å². The molecule has 1 saturated heterocycles. The van der Waals surface area contributed by atoms with Crippen molar-refractivity contribution in [3.8, 4) is 11.6 Å². The molecule has 312 valence electrons. The zero-order valence-corrected chi connectivity index (χ0v) is 33.7. The fourth-order valence-electron chi connectivity index (χ4n) is 9.48. The van der Waals surface area contributed by atoms with Crippen molar-refractivity contribution in [3.63, 3.8) is 0 Å². The van der Waals surface area contributed by atoms with Gasteiger partial charge in [-0.15, -0.1) is 6.58 Å². The molecule has 3 N–H and O–H groups in total. The van der Waals surface area contributed by atoms with Crippen LogP contribution in [0.3, 0.4) is 0 Å². The fraction of sp³-hybridized carbons (Fsp3) is 0.595. The van der Waals surface area contributed by atoms with Crippen molar-refractivity contribution in [2.24, 2.45) is 17.8 Å². The van der Waals surface area contributed by atoms with Crippen molar-refractivity contribution in [2.75, 3.05) is 13.7 Å². The number of pyridine rings is 1. The number of alkyl carbamates (subject to hydrolysis) is 1. The van der Waals surface area contributed by atoms with Crippen LogP contribution in [0.25, 0.3) is 10.8 Å². The van der Waals surface area contributed by atoms with Gasteiger partial charge in [0.1, 0.15) is 35.6 Å². The Morgan fingerprint density at radius 3 is 2.50 bits per heavy atom. The summed E-state index contributed by atoms with van der Waals surface area (Å²) in [6.45, 7) is 4.04. The lowest BCUT2D eigenvalue weighted by Crippen LogP contribution is -2.59. The third-order valence-electron chi connectivity index (χ3n) is 13.0. The lowest BCUT2D eigenvalue weighted by molar-refractivity contribution is -0.142. The SMILES string of the molecule is C=C[C@@H]1C[C@]1(NC(=O)[C@@H]1C[C@@H]2CN1C(=O)[C@H](C1CCCC1)NC(=O)O[C@@H]1CCC[C@H]1C/C=C/CCn1c(cc3cc(OC)ccc3c1=O)O2)C(=O)NS(=O)(=O)C1CC1. The normalized spacial score (nSPS) is 31.1. The monoisotopic (exact) mass is 819 g/mol. The number of nitrogens with zero attached hydrogens (tertiary/aromatic N) is 2. The first kappa shape index (κ1) is 39.9. The first-order valence-electron chi connectivity index (χ1n) is 20.7. The second-order valence-corrected chi connectivity index (χ2v) is 18.8. The highest BCUT2D eigenvalue weighted by Gasteiger charge is 2.62. The Labute approximate surface area is 337 Å². The van der Waals surface area contributed by atoms with E-state index in [0.717, 1.165) is 25.7 Å². The van der Waals surface area contributed by atoms with Gasteiger partial charge in [-0.05, 0) is 99.6 Å². The van der Waals surface area contributed by atoms with E-state index in [4.69, 9.17) is 14.2 Å². The Hall–Kier alpha value is -4.86. The summed E-state index contributed by atoms with van der Waals surface area (Å²) in [6.07, 6.45) is 11.7. The van der Waals surface area contributed by atoms with Crippen LogP contribution >= 0.6 is 0 Å². The van der Waals surface area contributed by atoms with E-state index in [-0.39, 0.29) is 48.8 Å². The predicted octanol–water partition coefficient (Wildman–Crippen LogP) is 3.83. The molecule has 0 unspecified atom stereocenters. The van der Waals surface area contributed by atoms with Gasteiger partial charge in [-0.2, -0.15) is 0 Å². The lowest BCUT2D eigenvalue weighted by Gasteiger charge is -2.32. The van der Waals surface area contributed by atoms with Gasteiger partial charge in [0.2, 0.25) is 21.8 Å². The number of methoxy groups -OCH3 is 1. The topological polar surface area (TPSA) is 191 Å². The molecule has 8 rings (SSSR count). The summed E-state index contributed by atoms with van der Waals surface area (Å²) in [4.78, 5) is 72.1. The molecular formula is C42H53N5O10S. The number of carbonyl (C=O) groups is 4. The third-order valence-corrected chi connectivity index (χ3v) is 14.9. The Balaban J connectivity index is 1.15. The number of hydrogen-bond acceptors (Lipinski definition) is 10. The minimum atomic E-state index is -3.92. The molecule has 5 fully saturated rings. The Kier molecular flexibility index (Phi) is 11.1. The van der Waals surface area contributed by atoms with Crippen LogP contribution < -0.4 is 30.4 Å². The summed E-state index contributed by atoms with van der Waals surface area (Å²) in [6, 6.07) is 4.81. The number of ether oxygens (including phenoxy) is 3. The van der Waals surface area contributed by atoms with Gasteiger partial charge in [-0.25, -0.2) is 13.2 Å². The highest BCUT2D eigenvalue weighted by atomic mass is 32.2. The van der Waals surface area contributed by atoms with Gasteiger partial charge in [-0.3, -0.25) is 28.5 Å². The van der Waals surface area contributed by atoms with Gasteiger partial charge >= 0.3 is 6.09 Å². The highest BCUT2D eigenvalue weighted by molar-refractivity contribution is 7.91. The summed E-state index contributed by atoms with van der Waals surface area (Å²) >= 11 is 0. The third kappa shape index (κ3) is 7.95. The molecule has 4 amide bonds. The fourth-order valence-corrected chi connectivity index (χ4v) is 10.8. The van der Waals surface area contributed by atoms with E-state index in [1.165, 1.54) is 11.0 Å². The van der Waals surface area contributed by atoms with Crippen LogP contribution in [-0.4, -0.2) is 90.4 Å². The van der Waals surface area contributed by atoms with Crippen LogP contribution in [0.5, 0.6) is 11.6 Å². The number of carbonyl (C=O) groups excluding carboxylic acids is 4. The number of sulfonamides is 1. The van der Waals surface area contributed by atoms with Crippen molar-refractivity contribution in [1.82, 2.24) is 24.8 Å². The predicted molar refractivity (Wildman–Crippen MR) is 213 cm³/mol. The number of hydrogen-bond donors (Lipinski definition) is 3. The molecule has 2 aliphatic heterocycles. The van der Waals surface area contributed by atoms with E-state index in [0.29, 0.717) is 68.0 Å². The van der Waals surface area contributed by atoms with Crippen molar-refractivity contribution in [2.45, 2.75) is 125 Å². The second-order valence-electron chi connectivity index (χ2n) is 16.9. The van der Waals surface area contributed by atoms with Crippen LogP contribution in [0, 0.1) is 17.8 Å². The number of amides is 4. The van der Waals surface area contributed by atoms with Crippen molar-refractivity contribution in [3.05, 3.63) is 59.4 Å². The molecule has 3 heterocycles. The van der Waals surface area contributed by atoms with Gasteiger partial charge < -0.3 is 29.7 Å². The molecule has 6 aliphatic rings. The molecule has 4 saturated carbocycles. The van der Waals surface area contributed by atoms with Crippen molar-refractivity contribution >= 4 is 44.6 Å². The van der Waals surface area contributed by atoms with Crippen LogP contribution in [-0.2, 0) is 35.7 Å². The Morgan fingerprint density at radius 2 is 1.78 bits per heavy atom. The summed E-state index contributed by atoms with van der Waals surface area (Å²) in [5, 5.41) is 6.17. The average Bonchev–Trinajstić information content (AvgIpc) is 3.99. The first-order chi connectivity index (χ1) is 27.9. The molecule has 7 atom stereocenters. The average molecular weight is 820 g/mol. The van der Waals surface area contributed by atoms with E-state index < -0.39 is 68.7 Å². The lowest BCUT2D eigenvalue weighted by atomic mass is 9.96. The first-order valence-corrected chi connectivity index (χ1v) is 22.3. The van der Waals surface area contributed by atoms with Crippen LogP contribution in [0.2, 0.25) is 0 Å². The molecule has 2 bridgehead atoms. The zero-order chi connectivity index (χ0) is 40.8. The molecule has 1 aromatic carbocycles. The van der Waals surface area contributed by atoms with Crippen molar-refractivity contribution < 1.29 is 41.8 Å². The smallest absolute Gasteiger partial charge is 0.408 e. The minimum Gasteiger partial charge on any atom is -0.497 e. The number of aromatic nitrogens is 1. The number of allylic oxidation sites excluding steroid dienone is 2. The van der Waals surface area contributed by atoms with Crippen LogP contribution in [0.15, 0.2) is 53.9 Å². The van der Waals surface area contributed by atoms with E-state index in [2.05, 4.69) is 28.0 Å². The quantitative estimate of drug-likeness (QED) is 0.330. The molecule has 0 spiro atoms. The molecule has 4 aliphatic carbocycles. The number of benzene rings is 1. The highest BCUT2D eigenvalue weighted by Crippen LogP contribution is 2.46. The largest absolute Gasteiger partial charge is 0.497 e. The Bertz CT molecular complexity index is 2180. The summed E-state index contributed by atoms with van der Waals surface area (Å²) in [5.74, 6) is -1.79. The summed E-state index contributed by atoms with van der Waals surface area (Å²) < 4.78 is 47.4. The molecular weight excluding hydrogens is 767 g/mol. The van der Waals surface area contributed by atoms with E-state index in [1.54, 1.807) is 35.9 Å². The standard InChI is InChI=1S/C42H53N5O10S/c1-3-28-23-42(28,40(51)45-58(53,54)31-16-17-31)44-37(48)33-22-30-24-47(33)39(50)36(26-11-6-7-12-26)43-41(52)57-34-14-9-13-25(34)10-5-4-8-19-46-35(56-30)21-27-20-29(55-2)15-18-32(27)38(46)49/h3-5,15,18,20-21,25-26,28,30-31,33-34,36H,1,6-14,16-17,19,22-24H2,2H3,(H,43,52)(H,44,48)(H,45,51)/b5-4+/t25-,28-,30-,33+,34-,36+,42-/m1/s1. The summed E-state index contributed by atoms with van der Waals surface area (Å²) in [5.41, 5.74) is -1.83. The van der Waals surface area contributed by atoms with E-state index >= 15 is 0 Å². The van der Waals surface area contributed by atoms with Gasteiger partial charge in [0, 0.05) is 30.3 Å². The van der Waals surface area contributed by atoms with Gasteiger partial charge in [0.25, 0.3) is 11.5 Å². The van der Waals surface area contributed by atoms with E-state index in [1.807, 2.05) is 6.08 Å². The number of fused-ring (bicyclic) bond motifs is 5. The number of nitrogens with one attached hydrogen (secondary N) is 3. The Morgan fingerprint density at radius 1 is 1.00 bits per heavy atom. The molecule has 16 heteroatoms. The zero-order valence-electron chi connectivity index (χ0n) is 32.9. The maximum atomic E-state index is 14.9. The van der Waals surface area contributed by atoms with E-state index in [9.17, 15) is 32.4 Å². The summed E-state index contributed by atoms with van der Waals surface area (Å²) in [7, 11) is -2.38. The van der Waals surface area contributed by atoms with Gasteiger partial charge in [0.15, 0.2) is 5.88 Å². The second kappa shape index (κ2) is 16.1. The molecule has 58 heavy (non-hydrogen) atoms. The molecule has 15 nitrogen and oxygen atoms in total. The maximum absolute atomic E-state index is 14.9. The van der Waals surface area contributed by atoms with Gasteiger partial charge in [-0.1, -0.05) is 31.1 Å². The molecule has 1 aromatic heterocycles.